The van der Waals surface area contributed by atoms with Crippen LogP contribution in [0.3, 0.4) is 0 Å². The molecule has 0 aromatic carbocycles. The molecule has 1 aromatic rings. The van der Waals surface area contributed by atoms with Gasteiger partial charge in [-0.3, -0.25) is 14.4 Å². The van der Waals surface area contributed by atoms with Crippen LogP contribution in [0.2, 0.25) is 0 Å². The van der Waals surface area contributed by atoms with E-state index in [0.717, 1.165) is 25.0 Å². The highest BCUT2D eigenvalue weighted by Crippen LogP contribution is 2.32. The summed E-state index contributed by atoms with van der Waals surface area (Å²) in [6.45, 7) is 2.67. The Morgan fingerprint density at radius 1 is 1.23 bits per heavy atom. The molecule has 0 unspecified atom stereocenters. The highest BCUT2D eigenvalue weighted by Gasteiger charge is 2.36. The summed E-state index contributed by atoms with van der Waals surface area (Å²) in [7, 11) is 0. The number of likely N-dealkylation sites (tertiary alicyclic amines) is 2. The topological polar surface area (TPSA) is 107 Å². The molecule has 3 rings (SSSR count). The maximum absolute atomic E-state index is 12.6. The molecule has 8 nitrogen and oxygen atoms in total. The van der Waals surface area contributed by atoms with Gasteiger partial charge in [0.05, 0.1) is 12.7 Å². The summed E-state index contributed by atoms with van der Waals surface area (Å²) in [5, 5.41) is 8.74. The fourth-order valence-electron chi connectivity index (χ4n) is 3.99. The average Bonchev–Trinajstić information content (AvgIpc) is 3.08. The number of nitrogens with one attached hydrogen (secondary N) is 1. The standard InChI is InChI=1S/C18H26N4O4/c23-16(1-2-18(25)26)22-7-3-13-9-17(24)21(6-4-14(13)11-22)8-5-15-10-19-12-20-15/h10,12-14H,1-9,11H2,(H,19,20)(H,25,26)/t13-,14-/m0/s1. The van der Waals surface area contributed by atoms with Gasteiger partial charge in [0.15, 0.2) is 0 Å². The van der Waals surface area contributed by atoms with E-state index in [1.54, 1.807) is 17.4 Å². The molecule has 2 N–H and O–H groups in total. The molecule has 142 valence electrons. The van der Waals surface area contributed by atoms with Crippen LogP contribution in [0.15, 0.2) is 12.5 Å². The first-order valence-corrected chi connectivity index (χ1v) is 9.27. The van der Waals surface area contributed by atoms with Gasteiger partial charge in [-0.2, -0.15) is 0 Å². The Hall–Kier alpha value is -2.38. The SMILES string of the molecule is O=C(O)CCC(=O)N1CC[C@H]2CC(=O)N(CCc3cnc[nH]3)CC[C@H]2C1. The van der Waals surface area contributed by atoms with Crippen molar-refractivity contribution in [2.75, 3.05) is 26.2 Å². The molecule has 0 spiro atoms. The second kappa shape index (κ2) is 8.33. The lowest BCUT2D eigenvalue weighted by Gasteiger charge is -2.37. The molecule has 1 aromatic heterocycles. The van der Waals surface area contributed by atoms with Crippen molar-refractivity contribution in [2.45, 2.75) is 38.5 Å². The van der Waals surface area contributed by atoms with E-state index in [4.69, 9.17) is 5.11 Å². The number of carboxylic acid groups (broad SMARTS) is 1. The average molecular weight is 362 g/mol. The number of carbonyl (C=O) groups excluding carboxylic acids is 2. The molecule has 8 heteroatoms. The Kier molecular flexibility index (Phi) is 5.90. The third-order valence-electron chi connectivity index (χ3n) is 5.56. The number of H-pyrrole nitrogens is 1. The summed E-state index contributed by atoms with van der Waals surface area (Å²) in [5.74, 6) is -0.191. The molecule has 2 amide bonds. The Morgan fingerprint density at radius 2 is 2.04 bits per heavy atom. The molecule has 0 bridgehead atoms. The molecule has 3 heterocycles. The largest absolute Gasteiger partial charge is 0.481 e. The van der Waals surface area contributed by atoms with E-state index in [1.165, 1.54) is 0 Å². The van der Waals surface area contributed by atoms with Crippen LogP contribution in [0, 0.1) is 11.8 Å². The van der Waals surface area contributed by atoms with Crippen molar-refractivity contribution < 1.29 is 19.5 Å². The van der Waals surface area contributed by atoms with Crippen molar-refractivity contribution in [3.8, 4) is 0 Å². The summed E-state index contributed by atoms with van der Waals surface area (Å²) in [6, 6.07) is 0. The number of imidazole rings is 1. The summed E-state index contributed by atoms with van der Waals surface area (Å²) in [5.41, 5.74) is 1.02. The number of hydrogen-bond donors (Lipinski definition) is 2. The molecular weight excluding hydrogens is 336 g/mol. The Bertz CT molecular complexity index is 646. The zero-order chi connectivity index (χ0) is 18.5. The number of nitrogens with zero attached hydrogens (tertiary/aromatic N) is 3. The Morgan fingerprint density at radius 3 is 2.77 bits per heavy atom. The van der Waals surface area contributed by atoms with E-state index in [0.29, 0.717) is 44.4 Å². The summed E-state index contributed by atoms with van der Waals surface area (Å²) in [4.78, 5) is 46.2. The van der Waals surface area contributed by atoms with Gasteiger partial charge in [0.25, 0.3) is 0 Å². The minimum absolute atomic E-state index is 0.0575. The van der Waals surface area contributed by atoms with E-state index >= 15 is 0 Å². The minimum Gasteiger partial charge on any atom is -0.481 e. The quantitative estimate of drug-likeness (QED) is 0.782. The van der Waals surface area contributed by atoms with Gasteiger partial charge >= 0.3 is 5.97 Å². The maximum atomic E-state index is 12.6. The molecule has 26 heavy (non-hydrogen) atoms. The van der Waals surface area contributed by atoms with Crippen molar-refractivity contribution in [2.24, 2.45) is 11.8 Å². The van der Waals surface area contributed by atoms with Crippen LogP contribution < -0.4 is 0 Å². The third kappa shape index (κ3) is 4.62. The normalized spacial score (nSPS) is 23.5. The first-order chi connectivity index (χ1) is 12.5. The van der Waals surface area contributed by atoms with Crippen molar-refractivity contribution in [3.63, 3.8) is 0 Å². The van der Waals surface area contributed by atoms with Crippen molar-refractivity contribution >= 4 is 17.8 Å². The number of carbonyl (C=O) groups is 3. The van der Waals surface area contributed by atoms with Crippen LogP contribution in [0.25, 0.3) is 0 Å². The molecule has 2 aliphatic rings. The lowest BCUT2D eigenvalue weighted by atomic mass is 9.82. The summed E-state index contributed by atoms with van der Waals surface area (Å²) < 4.78 is 0. The molecular formula is C18H26N4O4. The number of carboxylic acids is 1. The van der Waals surface area contributed by atoms with Gasteiger partial charge < -0.3 is 19.9 Å². The Balaban J connectivity index is 1.53. The van der Waals surface area contributed by atoms with Gasteiger partial charge in [-0.15, -0.1) is 0 Å². The van der Waals surface area contributed by atoms with Gasteiger partial charge in [0.1, 0.15) is 0 Å². The van der Waals surface area contributed by atoms with Crippen molar-refractivity contribution in [1.82, 2.24) is 19.8 Å². The lowest BCUT2D eigenvalue weighted by molar-refractivity contribution is -0.142. The van der Waals surface area contributed by atoms with Gasteiger partial charge in [0, 0.05) is 57.3 Å². The fraction of sp³-hybridized carbons (Fsp3) is 0.667. The molecule has 0 aliphatic carbocycles. The lowest BCUT2D eigenvalue weighted by Crippen LogP contribution is -2.44. The zero-order valence-corrected chi connectivity index (χ0v) is 14.9. The summed E-state index contributed by atoms with van der Waals surface area (Å²) in [6.07, 6.45) is 6.38. The van der Waals surface area contributed by atoms with Gasteiger partial charge in [0.2, 0.25) is 11.8 Å². The Labute approximate surface area is 152 Å². The monoisotopic (exact) mass is 362 g/mol. The van der Waals surface area contributed by atoms with E-state index in [1.807, 2.05) is 4.90 Å². The van der Waals surface area contributed by atoms with Gasteiger partial charge in [-0.1, -0.05) is 0 Å². The van der Waals surface area contributed by atoms with E-state index < -0.39 is 5.97 Å². The number of piperidine rings is 1. The smallest absolute Gasteiger partial charge is 0.303 e. The van der Waals surface area contributed by atoms with E-state index in [2.05, 4.69) is 9.97 Å². The van der Waals surface area contributed by atoms with Crippen LogP contribution in [0.1, 0.15) is 37.8 Å². The van der Waals surface area contributed by atoms with Crippen molar-refractivity contribution in [3.05, 3.63) is 18.2 Å². The molecule has 2 fully saturated rings. The second-order valence-corrected chi connectivity index (χ2v) is 7.24. The predicted molar refractivity (Wildman–Crippen MR) is 93.2 cm³/mol. The van der Waals surface area contributed by atoms with Crippen LogP contribution in [0.5, 0.6) is 0 Å². The predicted octanol–water partition coefficient (Wildman–Crippen LogP) is 0.904. The van der Waals surface area contributed by atoms with Crippen LogP contribution in [0.4, 0.5) is 0 Å². The first-order valence-electron chi connectivity index (χ1n) is 9.27. The van der Waals surface area contributed by atoms with Crippen LogP contribution >= 0.6 is 0 Å². The second-order valence-electron chi connectivity index (χ2n) is 7.24. The number of fused-ring (bicyclic) bond motifs is 1. The van der Waals surface area contributed by atoms with Crippen LogP contribution in [-0.2, 0) is 20.8 Å². The number of amides is 2. The number of aromatic nitrogens is 2. The number of rotatable bonds is 6. The molecule has 0 saturated carbocycles. The minimum atomic E-state index is -0.943. The summed E-state index contributed by atoms with van der Waals surface area (Å²) >= 11 is 0. The van der Waals surface area contributed by atoms with E-state index in [-0.39, 0.29) is 24.7 Å². The molecule has 2 aliphatic heterocycles. The molecule has 2 saturated heterocycles. The van der Waals surface area contributed by atoms with Crippen LogP contribution in [-0.4, -0.2) is 68.8 Å². The molecule has 2 atom stereocenters. The first kappa shape index (κ1) is 18.4. The van der Waals surface area contributed by atoms with Gasteiger partial charge in [-0.25, -0.2) is 4.98 Å². The molecule has 0 radical (unpaired) electrons. The number of hydrogen-bond acceptors (Lipinski definition) is 4. The highest BCUT2D eigenvalue weighted by atomic mass is 16.4. The highest BCUT2D eigenvalue weighted by molar-refractivity contribution is 5.81. The van der Waals surface area contributed by atoms with Gasteiger partial charge in [-0.05, 0) is 24.7 Å². The fourth-order valence-corrected chi connectivity index (χ4v) is 3.99. The number of aliphatic carboxylic acids is 1. The third-order valence-corrected chi connectivity index (χ3v) is 5.56. The van der Waals surface area contributed by atoms with E-state index in [9.17, 15) is 14.4 Å². The maximum Gasteiger partial charge on any atom is 0.303 e. The zero-order valence-electron chi connectivity index (χ0n) is 14.9. The number of aromatic amines is 1. The van der Waals surface area contributed by atoms with Crippen molar-refractivity contribution in [1.29, 1.82) is 0 Å².